The van der Waals surface area contributed by atoms with E-state index < -0.39 is 10.0 Å². The van der Waals surface area contributed by atoms with E-state index >= 15 is 0 Å². The Balaban J connectivity index is 2.28. The van der Waals surface area contributed by atoms with Gasteiger partial charge >= 0.3 is 0 Å². The van der Waals surface area contributed by atoms with Gasteiger partial charge in [0.25, 0.3) is 0 Å². The molecular formula is C18H18N2O2S2. The zero-order valence-electron chi connectivity index (χ0n) is 13.2. The lowest BCUT2D eigenvalue weighted by atomic mass is 9.94. The van der Waals surface area contributed by atoms with Gasteiger partial charge in [0.1, 0.15) is 0 Å². The summed E-state index contributed by atoms with van der Waals surface area (Å²) in [6.07, 6.45) is 0. The highest BCUT2D eigenvalue weighted by Gasteiger charge is 2.18. The van der Waals surface area contributed by atoms with Crippen LogP contribution in [0.1, 0.15) is 5.56 Å². The molecule has 6 heteroatoms. The quantitative estimate of drug-likeness (QED) is 0.734. The predicted octanol–water partition coefficient (Wildman–Crippen LogP) is 3.45. The van der Waals surface area contributed by atoms with Crippen LogP contribution in [-0.2, 0) is 16.6 Å². The van der Waals surface area contributed by atoms with Crippen LogP contribution in [0, 0.1) is 0 Å². The zero-order chi connectivity index (χ0) is 17.2. The number of hydrogen-bond donors (Lipinski definition) is 2. The molecule has 124 valence electrons. The van der Waals surface area contributed by atoms with Gasteiger partial charge in [-0.15, -0.1) is 0 Å². The molecule has 0 unspecified atom stereocenters. The second-order valence-electron chi connectivity index (χ2n) is 5.46. The fourth-order valence-corrected chi connectivity index (χ4v) is 4.14. The van der Waals surface area contributed by atoms with Gasteiger partial charge < -0.3 is 5.32 Å². The molecular weight excluding hydrogens is 340 g/mol. The van der Waals surface area contributed by atoms with Crippen LogP contribution in [0.5, 0.6) is 0 Å². The Morgan fingerprint density at radius 3 is 2.50 bits per heavy atom. The van der Waals surface area contributed by atoms with Gasteiger partial charge in [-0.2, -0.15) is 11.3 Å². The molecule has 0 aliphatic heterocycles. The maximum atomic E-state index is 12.0. The molecule has 0 saturated heterocycles. The summed E-state index contributed by atoms with van der Waals surface area (Å²) in [5.41, 5.74) is 4.63. The molecule has 0 spiro atoms. The highest BCUT2D eigenvalue weighted by Crippen LogP contribution is 2.36. The fourth-order valence-electron chi connectivity index (χ4n) is 2.74. The number of benzene rings is 2. The van der Waals surface area contributed by atoms with Crippen molar-refractivity contribution < 1.29 is 8.42 Å². The minimum absolute atomic E-state index is 0.142. The van der Waals surface area contributed by atoms with Crippen molar-refractivity contribution in [3.8, 4) is 22.3 Å². The van der Waals surface area contributed by atoms with E-state index in [1.165, 1.54) is 0 Å². The molecule has 3 rings (SSSR count). The first-order valence-corrected chi connectivity index (χ1v) is 9.92. The molecule has 0 bridgehead atoms. The van der Waals surface area contributed by atoms with Crippen molar-refractivity contribution in [1.29, 1.82) is 0 Å². The summed E-state index contributed by atoms with van der Waals surface area (Å²) in [6.45, 7) is 0.703. The third kappa shape index (κ3) is 3.42. The molecule has 3 aromatic rings. The maximum Gasteiger partial charge on any atom is 0.238 e. The molecule has 0 saturated carbocycles. The minimum Gasteiger partial charge on any atom is -0.316 e. The molecule has 0 fully saturated rings. The molecule has 0 aliphatic rings. The van der Waals surface area contributed by atoms with E-state index in [0.717, 1.165) is 22.3 Å². The molecule has 0 atom stereocenters. The summed E-state index contributed by atoms with van der Waals surface area (Å²) in [7, 11) is -1.93. The van der Waals surface area contributed by atoms with Crippen molar-refractivity contribution in [3.05, 3.63) is 64.9 Å². The molecule has 4 nitrogen and oxygen atoms in total. The van der Waals surface area contributed by atoms with Gasteiger partial charge in [-0.3, -0.25) is 0 Å². The second kappa shape index (κ2) is 6.86. The number of hydrogen-bond acceptors (Lipinski definition) is 4. The SMILES string of the molecule is CNCc1ccc(-c2ccsc2)c(-c2ccccc2S(N)(=O)=O)c1. The topological polar surface area (TPSA) is 72.2 Å². The van der Waals surface area contributed by atoms with E-state index in [2.05, 4.69) is 10.7 Å². The lowest BCUT2D eigenvalue weighted by Gasteiger charge is -2.14. The lowest BCUT2D eigenvalue weighted by Crippen LogP contribution is -2.13. The number of nitrogens with two attached hydrogens (primary N) is 1. The summed E-state index contributed by atoms with van der Waals surface area (Å²) >= 11 is 1.61. The highest BCUT2D eigenvalue weighted by atomic mass is 32.2. The standard InChI is InChI=1S/C18H18N2O2S2/c1-20-11-13-6-7-15(14-8-9-23-12-14)17(10-13)16-4-2-3-5-18(16)24(19,21)22/h2-10,12,20H,11H2,1H3,(H2,19,21,22). The smallest absolute Gasteiger partial charge is 0.238 e. The monoisotopic (exact) mass is 358 g/mol. The fraction of sp³-hybridized carbons (Fsp3) is 0.111. The molecule has 24 heavy (non-hydrogen) atoms. The second-order valence-corrected chi connectivity index (χ2v) is 7.77. The normalized spacial score (nSPS) is 11.6. The number of nitrogens with one attached hydrogen (secondary N) is 1. The maximum absolute atomic E-state index is 12.0. The zero-order valence-corrected chi connectivity index (χ0v) is 14.8. The van der Waals surface area contributed by atoms with E-state index in [9.17, 15) is 8.42 Å². The van der Waals surface area contributed by atoms with Crippen LogP contribution in [0.2, 0.25) is 0 Å². The number of primary sulfonamides is 1. The third-order valence-corrected chi connectivity index (χ3v) is 5.43. The Kier molecular flexibility index (Phi) is 4.82. The van der Waals surface area contributed by atoms with Gasteiger partial charge in [0.05, 0.1) is 4.90 Å². The van der Waals surface area contributed by atoms with Crippen LogP contribution in [0.3, 0.4) is 0 Å². The predicted molar refractivity (Wildman–Crippen MR) is 99.3 cm³/mol. The van der Waals surface area contributed by atoms with Crippen molar-refractivity contribution in [3.63, 3.8) is 0 Å². The van der Waals surface area contributed by atoms with E-state index in [0.29, 0.717) is 12.1 Å². The molecule has 0 amide bonds. The van der Waals surface area contributed by atoms with Crippen molar-refractivity contribution in [1.82, 2.24) is 5.32 Å². The van der Waals surface area contributed by atoms with Crippen molar-refractivity contribution in [2.24, 2.45) is 5.14 Å². The summed E-state index contributed by atoms with van der Waals surface area (Å²) in [6, 6.07) is 15.0. The molecule has 0 radical (unpaired) electrons. The van der Waals surface area contributed by atoms with Crippen LogP contribution < -0.4 is 10.5 Å². The summed E-state index contributed by atoms with van der Waals surface area (Å²) < 4.78 is 24.0. The molecule has 1 aromatic heterocycles. The van der Waals surface area contributed by atoms with E-state index in [1.807, 2.05) is 42.8 Å². The van der Waals surface area contributed by atoms with Crippen LogP contribution in [0.15, 0.2) is 64.2 Å². The average Bonchev–Trinajstić information content (AvgIpc) is 3.09. The van der Waals surface area contributed by atoms with Crippen LogP contribution in [-0.4, -0.2) is 15.5 Å². The first-order valence-electron chi connectivity index (χ1n) is 7.43. The number of sulfonamides is 1. The first kappa shape index (κ1) is 16.9. The van der Waals surface area contributed by atoms with Gasteiger partial charge in [0.15, 0.2) is 0 Å². The molecule has 3 N–H and O–H groups in total. The Bertz CT molecular complexity index is 949. The third-order valence-electron chi connectivity index (χ3n) is 3.78. The van der Waals surface area contributed by atoms with Gasteiger partial charge in [0.2, 0.25) is 10.0 Å². The van der Waals surface area contributed by atoms with Gasteiger partial charge in [0, 0.05) is 12.1 Å². The van der Waals surface area contributed by atoms with Crippen molar-refractivity contribution in [2.45, 2.75) is 11.4 Å². The highest BCUT2D eigenvalue weighted by molar-refractivity contribution is 7.89. The Labute approximate surface area is 146 Å². The Morgan fingerprint density at radius 2 is 1.83 bits per heavy atom. The minimum atomic E-state index is -3.81. The van der Waals surface area contributed by atoms with E-state index in [4.69, 9.17) is 5.14 Å². The summed E-state index contributed by atoms with van der Waals surface area (Å²) in [5.74, 6) is 0. The molecule has 2 aromatic carbocycles. The largest absolute Gasteiger partial charge is 0.316 e. The van der Waals surface area contributed by atoms with Crippen LogP contribution >= 0.6 is 11.3 Å². The summed E-state index contributed by atoms with van der Waals surface area (Å²) in [4.78, 5) is 0.142. The van der Waals surface area contributed by atoms with Crippen molar-refractivity contribution in [2.75, 3.05) is 7.05 Å². The van der Waals surface area contributed by atoms with Crippen LogP contribution in [0.25, 0.3) is 22.3 Å². The lowest BCUT2D eigenvalue weighted by molar-refractivity contribution is 0.598. The number of rotatable bonds is 5. The average molecular weight is 358 g/mol. The molecule has 1 heterocycles. The van der Waals surface area contributed by atoms with Gasteiger partial charge in [-0.25, -0.2) is 13.6 Å². The van der Waals surface area contributed by atoms with E-state index in [1.54, 1.807) is 29.5 Å². The first-order chi connectivity index (χ1) is 11.5. The van der Waals surface area contributed by atoms with Crippen LogP contribution in [0.4, 0.5) is 0 Å². The van der Waals surface area contributed by atoms with Crippen molar-refractivity contribution >= 4 is 21.4 Å². The van der Waals surface area contributed by atoms with Gasteiger partial charge in [-0.1, -0.05) is 30.3 Å². The van der Waals surface area contributed by atoms with Gasteiger partial charge in [-0.05, 0) is 58.3 Å². The Hall–Kier alpha value is -1.99. The summed E-state index contributed by atoms with van der Waals surface area (Å²) in [5, 5.41) is 12.6. The Morgan fingerprint density at radius 1 is 1.04 bits per heavy atom. The molecule has 0 aliphatic carbocycles. The van der Waals surface area contributed by atoms with E-state index in [-0.39, 0.29) is 4.90 Å². The number of thiophene rings is 1.